The fourth-order valence-electron chi connectivity index (χ4n) is 2.27. The molecule has 0 spiro atoms. The molecule has 0 aromatic heterocycles. The van der Waals surface area contributed by atoms with Gasteiger partial charge in [0.15, 0.2) is 6.29 Å². The number of rotatable bonds is 5. The van der Waals surface area contributed by atoms with Crippen molar-refractivity contribution in [3.63, 3.8) is 0 Å². The average Bonchev–Trinajstić information content (AvgIpc) is 2.46. The molecule has 0 aliphatic carbocycles. The number of carbonyl (C=O) groups excluding carboxylic acids is 2. The summed E-state index contributed by atoms with van der Waals surface area (Å²) in [5.74, 6) is 0.0460. The molecule has 0 saturated heterocycles. The molecule has 0 bridgehead atoms. The molecule has 0 aliphatic rings. The van der Waals surface area contributed by atoms with Crippen molar-refractivity contribution in [3.8, 4) is 5.75 Å². The number of carbonyl (C=O) groups is 2. The fourth-order valence-corrected chi connectivity index (χ4v) is 2.27. The summed E-state index contributed by atoms with van der Waals surface area (Å²) >= 11 is 0. The fraction of sp³-hybridized carbons (Fsp3) is 0.294. The van der Waals surface area contributed by atoms with Gasteiger partial charge >= 0.3 is 57.4 Å². The Morgan fingerprint density at radius 1 is 1.27 bits per heavy atom. The Kier molecular flexibility index (Phi) is 7.89. The Balaban J connectivity index is 0.00000242. The number of aldehydes is 1. The van der Waals surface area contributed by atoms with Crippen molar-refractivity contribution >= 4 is 23.0 Å². The van der Waals surface area contributed by atoms with E-state index in [9.17, 15) is 9.59 Å². The van der Waals surface area contributed by atoms with Gasteiger partial charge < -0.3 is 11.9 Å². The maximum atomic E-state index is 12.0. The zero-order valence-electron chi connectivity index (χ0n) is 14.2. The molecular weight excluding hydrogens is 305 g/mol. The molecule has 0 radical (unpaired) electrons. The van der Waals surface area contributed by atoms with E-state index in [0.29, 0.717) is 24.2 Å². The van der Waals surface area contributed by atoms with Gasteiger partial charge in [0.05, 0.1) is 5.56 Å². The van der Waals surface area contributed by atoms with Crippen LogP contribution in [0.25, 0.3) is 10.8 Å². The average molecular weight is 325 g/mol. The summed E-state index contributed by atoms with van der Waals surface area (Å²) in [5, 5.41) is 1.68. The zero-order chi connectivity index (χ0) is 15.4. The van der Waals surface area contributed by atoms with Crippen molar-refractivity contribution in [1.29, 1.82) is 0 Å². The van der Waals surface area contributed by atoms with Gasteiger partial charge in [-0.05, 0) is 29.2 Å². The first-order chi connectivity index (χ1) is 10.0. The van der Waals surface area contributed by atoms with Crippen LogP contribution in [0.4, 0.5) is 0 Å². The molecule has 22 heavy (non-hydrogen) atoms. The van der Waals surface area contributed by atoms with Gasteiger partial charge in [0.2, 0.25) is 0 Å². The third kappa shape index (κ3) is 4.71. The molecular formula is C17H20KNO3. The normalized spacial score (nSPS) is 11.8. The van der Waals surface area contributed by atoms with Crippen molar-refractivity contribution in [3.05, 3.63) is 42.0 Å². The van der Waals surface area contributed by atoms with E-state index < -0.39 is 12.0 Å². The molecule has 5 heteroatoms. The van der Waals surface area contributed by atoms with Crippen molar-refractivity contribution < 1.29 is 67.1 Å². The molecule has 1 atom stereocenters. The molecule has 0 fully saturated rings. The summed E-state index contributed by atoms with van der Waals surface area (Å²) in [7, 11) is 0. The van der Waals surface area contributed by atoms with Crippen LogP contribution in [-0.4, -0.2) is 18.3 Å². The minimum atomic E-state index is -0.684. The van der Waals surface area contributed by atoms with E-state index in [2.05, 4.69) is 0 Å². The SMILES string of the molecule is CC(C)C[C@H](N)C(=O)Oc1ccc2ccccc2c1C=O.[H-].[K+]. The second kappa shape index (κ2) is 8.91. The summed E-state index contributed by atoms with van der Waals surface area (Å²) in [6.45, 7) is 3.97. The van der Waals surface area contributed by atoms with E-state index in [0.717, 1.165) is 10.8 Å². The Hall–Kier alpha value is -0.564. The Morgan fingerprint density at radius 3 is 2.59 bits per heavy atom. The van der Waals surface area contributed by atoms with Crippen LogP contribution >= 0.6 is 0 Å². The van der Waals surface area contributed by atoms with Crippen LogP contribution in [0.3, 0.4) is 0 Å². The largest absolute Gasteiger partial charge is 1.00 e. The van der Waals surface area contributed by atoms with Crippen molar-refractivity contribution in [2.24, 2.45) is 11.7 Å². The number of benzene rings is 2. The predicted molar refractivity (Wildman–Crippen MR) is 83.5 cm³/mol. The molecule has 2 aromatic carbocycles. The van der Waals surface area contributed by atoms with Gasteiger partial charge in [0.1, 0.15) is 11.8 Å². The van der Waals surface area contributed by atoms with E-state index >= 15 is 0 Å². The van der Waals surface area contributed by atoms with E-state index in [4.69, 9.17) is 10.5 Å². The summed E-state index contributed by atoms with van der Waals surface area (Å²) < 4.78 is 5.31. The van der Waals surface area contributed by atoms with Gasteiger partial charge in [-0.2, -0.15) is 0 Å². The Morgan fingerprint density at radius 2 is 1.95 bits per heavy atom. The molecule has 2 N–H and O–H groups in total. The van der Waals surface area contributed by atoms with Crippen LogP contribution in [0, 0.1) is 5.92 Å². The van der Waals surface area contributed by atoms with Gasteiger partial charge in [0, 0.05) is 0 Å². The molecule has 0 saturated carbocycles. The van der Waals surface area contributed by atoms with Crippen molar-refractivity contribution in [1.82, 2.24) is 0 Å². The summed E-state index contributed by atoms with van der Waals surface area (Å²) in [6.07, 6.45) is 1.25. The number of ether oxygens (including phenoxy) is 1. The first kappa shape index (κ1) is 19.5. The quantitative estimate of drug-likeness (QED) is 0.365. The standard InChI is InChI=1S/C17H19NO3.K.H/c1-11(2)9-15(18)17(20)21-16-8-7-12-5-3-4-6-13(12)14(16)10-19;;/h3-8,10-11,15H,9,18H2,1-2H3;;/q;+1;-1/t15-;;/m0../s1. The smallest absolute Gasteiger partial charge is 1.00 e. The number of hydrogen-bond donors (Lipinski definition) is 1. The van der Waals surface area contributed by atoms with Crippen LogP contribution in [0.5, 0.6) is 5.75 Å². The molecule has 2 rings (SSSR count). The second-order valence-corrected chi connectivity index (χ2v) is 5.47. The van der Waals surface area contributed by atoms with E-state index in [1.807, 2.05) is 44.2 Å². The topological polar surface area (TPSA) is 69.4 Å². The molecule has 0 aliphatic heterocycles. The van der Waals surface area contributed by atoms with Gasteiger partial charge in [-0.1, -0.05) is 44.2 Å². The zero-order valence-corrected chi connectivity index (χ0v) is 16.3. The monoisotopic (exact) mass is 325 g/mol. The number of hydrogen-bond acceptors (Lipinski definition) is 4. The Bertz CT molecular complexity index is 676. The van der Waals surface area contributed by atoms with Crippen LogP contribution in [-0.2, 0) is 4.79 Å². The van der Waals surface area contributed by atoms with Gasteiger partial charge in [-0.3, -0.25) is 4.79 Å². The predicted octanol–water partition coefficient (Wildman–Crippen LogP) is 0.0476. The van der Waals surface area contributed by atoms with Gasteiger partial charge in [0.25, 0.3) is 0 Å². The molecule has 0 unspecified atom stereocenters. The maximum absolute atomic E-state index is 12.0. The number of fused-ring (bicyclic) bond motifs is 1. The van der Waals surface area contributed by atoms with Crippen molar-refractivity contribution in [2.75, 3.05) is 0 Å². The summed E-state index contributed by atoms with van der Waals surface area (Å²) in [4.78, 5) is 23.3. The third-order valence-corrected chi connectivity index (χ3v) is 3.29. The molecule has 4 nitrogen and oxygen atoms in total. The van der Waals surface area contributed by atoms with E-state index in [-0.39, 0.29) is 58.6 Å². The first-order valence-electron chi connectivity index (χ1n) is 6.97. The molecule has 2 aromatic rings. The van der Waals surface area contributed by atoms with Crippen LogP contribution in [0.2, 0.25) is 0 Å². The minimum Gasteiger partial charge on any atom is -1.00 e. The van der Waals surface area contributed by atoms with Gasteiger partial charge in [-0.25, -0.2) is 4.79 Å². The van der Waals surface area contributed by atoms with Crippen LogP contribution in [0.1, 0.15) is 32.1 Å². The van der Waals surface area contributed by atoms with Crippen molar-refractivity contribution in [2.45, 2.75) is 26.3 Å². The van der Waals surface area contributed by atoms with Gasteiger partial charge in [-0.15, -0.1) is 0 Å². The summed E-state index contributed by atoms with van der Waals surface area (Å²) in [6, 6.07) is 10.2. The Labute approximate surface area is 174 Å². The number of nitrogens with two attached hydrogens (primary N) is 1. The number of esters is 1. The van der Waals surface area contributed by atoms with E-state index in [1.165, 1.54) is 0 Å². The molecule has 0 amide bonds. The van der Waals surface area contributed by atoms with Crippen LogP contribution in [0.15, 0.2) is 36.4 Å². The molecule has 0 heterocycles. The second-order valence-electron chi connectivity index (χ2n) is 5.47. The van der Waals surface area contributed by atoms with E-state index in [1.54, 1.807) is 6.07 Å². The third-order valence-electron chi connectivity index (χ3n) is 3.29. The summed E-state index contributed by atoms with van der Waals surface area (Å²) in [5.41, 5.74) is 6.18. The molecule has 112 valence electrons. The first-order valence-corrected chi connectivity index (χ1v) is 6.97. The minimum absolute atomic E-state index is 0. The van der Waals surface area contributed by atoms with Crippen LogP contribution < -0.4 is 61.9 Å². The maximum Gasteiger partial charge on any atom is 1.00 e.